The molecule has 0 heterocycles. The second kappa shape index (κ2) is 9.12. The maximum absolute atomic E-state index is 12.3. The fourth-order valence-corrected chi connectivity index (χ4v) is 2.69. The van der Waals surface area contributed by atoms with Gasteiger partial charge in [-0.1, -0.05) is 0 Å². The molecule has 0 saturated heterocycles. The van der Waals surface area contributed by atoms with Crippen molar-refractivity contribution in [3.05, 3.63) is 52.1 Å². The third kappa shape index (κ3) is 5.16. The van der Waals surface area contributed by atoms with E-state index in [0.29, 0.717) is 22.9 Å². The number of rotatable bonds is 9. The second-order valence-corrected chi connectivity index (χ2v) is 6.60. The van der Waals surface area contributed by atoms with Gasteiger partial charge in [-0.2, -0.15) is 0 Å². The van der Waals surface area contributed by atoms with E-state index >= 15 is 0 Å². The van der Waals surface area contributed by atoms with Crippen molar-refractivity contribution in [3.8, 4) is 11.5 Å². The molecule has 3 rings (SSSR count). The number of carbonyl (C=O) groups is 2. The molecule has 0 aliphatic heterocycles. The third-order valence-electron chi connectivity index (χ3n) is 4.38. The maximum atomic E-state index is 12.3. The molecule has 2 N–H and O–H groups in total. The van der Waals surface area contributed by atoms with Crippen LogP contribution in [0.1, 0.15) is 23.2 Å². The van der Waals surface area contributed by atoms with Gasteiger partial charge in [0, 0.05) is 18.2 Å². The summed E-state index contributed by atoms with van der Waals surface area (Å²) in [6, 6.07) is 9.10. The molecule has 0 aromatic heterocycles. The molecule has 10 heteroatoms. The van der Waals surface area contributed by atoms with Crippen LogP contribution < -0.4 is 20.1 Å². The molecule has 0 atom stereocenters. The van der Waals surface area contributed by atoms with Gasteiger partial charge in [0.1, 0.15) is 17.2 Å². The number of nitro benzene ring substituents is 1. The first-order chi connectivity index (χ1) is 14.4. The van der Waals surface area contributed by atoms with Gasteiger partial charge in [-0.05, 0) is 37.1 Å². The Labute approximate surface area is 172 Å². The van der Waals surface area contributed by atoms with Crippen LogP contribution in [-0.4, -0.2) is 43.7 Å². The molecule has 158 valence electrons. The normalized spacial score (nSPS) is 12.6. The van der Waals surface area contributed by atoms with E-state index in [-0.39, 0.29) is 17.3 Å². The van der Waals surface area contributed by atoms with E-state index in [4.69, 9.17) is 14.2 Å². The highest BCUT2D eigenvalue weighted by molar-refractivity contribution is 5.97. The second-order valence-electron chi connectivity index (χ2n) is 6.60. The summed E-state index contributed by atoms with van der Waals surface area (Å²) in [4.78, 5) is 35.2. The largest absolute Gasteiger partial charge is 0.497 e. The van der Waals surface area contributed by atoms with E-state index < -0.39 is 23.4 Å². The summed E-state index contributed by atoms with van der Waals surface area (Å²) in [5.74, 6) is -0.527. The number of nitrogens with one attached hydrogen (secondary N) is 2. The van der Waals surface area contributed by atoms with Crippen molar-refractivity contribution in [2.24, 2.45) is 0 Å². The maximum Gasteiger partial charge on any atom is 0.338 e. The van der Waals surface area contributed by atoms with E-state index in [1.165, 1.54) is 26.4 Å². The van der Waals surface area contributed by atoms with Gasteiger partial charge < -0.3 is 24.8 Å². The quantitative estimate of drug-likeness (QED) is 0.363. The highest BCUT2D eigenvalue weighted by Gasteiger charge is 2.26. The lowest BCUT2D eigenvalue weighted by Crippen LogP contribution is -2.21. The number of ether oxygens (including phenoxy) is 3. The number of carbonyl (C=O) groups excluding carboxylic acids is 2. The Morgan fingerprint density at radius 1 is 1.10 bits per heavy atom. The number of hydrogen-bond acceptors (Lipinski definition) is 8. The summed E-state index contributed by atoms with van der Waals surface area (Å²) in [6.07, 6.45) is 1.91. The number of anilines is 2. The Balaban J connectivity index is 1.63. The predicted molar refractivity (Wildman–Crippen MR) is 108 cm³/mol. The molecule has 1 amide bonds. The average Bonchev–Trinajstić information content (AvgIpc) is 3.56. The standard InChI is InChI=1S/C20H21N3O7/c1-28-14-6-8-18(29-2)16(10-14)22-19(24)11-30-20(25)12-3-7-15(21-13-4-5-13)17(9-12)23(26)27/h3,6-10,13,21H,4-5,11H2,1-2H3,(H,22,24). The van der Waals surface area contributed by atoms with Gasteiger partial charge in [-0.25, -0.2) is 4.79 Å². The lowest BCUT2D eigenvalue weighted by molar-refractivity contribution is -0.384. The number of nitro groups is 1. The van der Waals surface area contributed by atoms with Crippen molar-refractivity contribution < 1.29 is 28.7 Å². The molecule has 10 nitrogen and oxygen atoms in total. The summed E-state index contributed by atoms with van der Waals surface area (Å²) in [5, 5.41) is 16.9. The molecule has 0 spiro atoms. The molecular formula is C20H21N3O7. The zero-order valence-corrected chi connectivity index (χ0v) is 16.5. The van der Waals surface area contributed by atoms with Crippen molar-refractivity contribution >= 4 is 28.9 Å². The van der Waals surface area contributed by atoms with Crippen LogP contribution in [0, 0.1) is 10.1 Å². The van der Waals surface area contributed by atoms with Crippen LogP contribution in [-0.2, 0) is 9.53 Å². The Bertz CT molecular complexity index is 973. The Morgan fingerprint density at radius 3 is 2.50 bits per heavy atom. The summed E-state index contributed by atoms with van der Waals surface area (Å²) >= 11 is 0. The highest BCUT2D eigenvalue weighted by atomic mass is 16.6. The third-order valence-corrected chi connectivity index (χ3v) is 4.38. The average molecular weight is 415 g/mol. The number of esters is 1. The first-order valence-electron chi connectivity index (χ1n) is 9.15. The van der Waals surface area contributed by atoms with Gasteiger partial charge in [-0.15, -0.1) is 0 Å². The Hall–Kier alpha value is -3.82. The van der Waals surface area contributed by atoms with Gasteiger partial charge in [0.05, 0.1) is 30.4 Å². The van der Waals surface area contributed by atoms with Crippen molar-refractivity contribution in [2.75, 3.05) is 31.5 Å². The minimum absolute atomic E-state index is 0.0187. The summed E-state index contributed by atoms with van der Waals surface area (Å²) in [6.45, 7) is -0.574. The zero-order chi connectivity index (χ0) is 21.7. The molecule has 0 unspecified atom stereocenters. The fourth-order valence-electron chi connectivity index (χ4n) is 2.69. The summed E-state index contributed by atoms with van der Waals surface area (Å²) in [7, 11) is 2.94. The summed E-state index contributed by atoms with van der Waals surface area (Å²) < 4.78 is 15.3. The molecule has 2 aromatic rings. The molecule has 30 heavy (non-hydrogen) atoms. The van der Waals surface area contributed by atoms with Crippen LogP contribution in [0.3, 0.4) is 0 Å². The van der Waals surface area contributed by atoms with E-state index in [2.05, 4.69) is 10.6 Å². The van der Waals surface area contributed by atoms with Gasteiger partial charge in [0.25, 0.3) is 11.6 Å². The van der Waals surface area contributed by atoms with Gasteiger partial charge in [-0.3, -0.25) is 14.9 Å². The van der Waals surface area contributed by atoms with Gasteiger partial charge in [0.2, 0.25) is 0 Å². The first-order valence-corrected chi connectivity index (χ1v) is 9.15. The van der Waals surface area contributed by atoms with Crippen molar-refractivity contribution in [3.63, 3.8) is 0 Å². The molecule has 1 aliphatic carbocycles. The molecule has 1 aliphatic rings. The SMILES string of the molecule is COc1ccc(OC)c(NC(=O)COC(=O)c2ccc(NC3CC3)c([N+](=O)[O-])c2)c1. The molecule has 2 aromatic carbocycles. The fraction of sp³-hybridized carbons (Fsp3) is 0.300. The van der Waals surface area contributed by atoms with Crippen LogP contribution >= 0.6 is 0 Å². The molecule has 1 saturated carbocycles. The van der Waals surface area contributed by atoms with E-state index in [9.17, 15) is 19.7 Å². The Kier molecular flexibility index (Phi) is 6.35. The predicted octanol–water partition coefficient (Wildman–Crippen LogP) is 2.98. The van der Waals surface area contributed by atoms with Crippen molar-refractivity contribution in [1.29, 1.82) is 0 Å². The van der Waals surface area contributed by atoms with Crippen LogP contribution in [0.15, 0.2) is 36.4 Å². The van der Waals surface area contributed by atoms with Crippen LogP contribution in [0.2, 0.25) is 0 Å². The minimum atomic E-state index is -0.844. The smallest absolute Gasteiger partial charge is 0.338 e. The van der Waals surface area contributed by atoms with Crippen molar-refractivity contribution in [2.45, 2.75) is 18.9 Å². The van der Waals surface area contributed by atoms with E-state index in [1.54, 1.807) is 18.2 Å². The molecule has 0 bridgehead atoms. The van der Waals surface area contributed by atoms with Crippen LogP contribution in [0.4, 0.5) is 17.1 Å². The molecular weight excluding hydrogens is 394 g/mol. The number of amides is 1. The number of hydrogen-bond donors (Lipinski definition) is 2. The lowest BCUT2D eigenvalue weighted by Gasteiger charge is -2.12. The zero-order valence-electron chi connectivity index (χ0n) is 16.5. The highest BCUT2D eigenvalue weighted by Crippen LogP contribution is 2.32. The van der Waals surface area contributed by atoms with Crippen LogP contribution in [0.25, 0.3) is 0 Å². The van der Waals surface area contributed by atoms with Crippen molar-refractivity contribution in [1.82, 2.24) is 0 Å². The Morgan fingerprint density at radius 2 is 1.87 bits per heavy atom. The first kappa shape index (κ1) is 20.9. The van der Waals surface area contributed by atoms with E-state index in [0.717, 1.165) is 18.9 Å². The number of nitrogens with zero attached hydrogens (tertiary/aromatic N) is 1. The topological polar surface area (TPSA) is 129 Å². The number of methoxy groups -OCH3 is 2. The van der Waals surface area contributed by atoms with E-state index in [1.807, 2.05) is 0 Å². The minimum Gasteiger partial charge on any atom is -0.497 e. The molecule has 0 radical (unpaired) electrons. The van der Waals surface area contributed by atoms with Crippen LogP contribution in [0.5, 0.6) is 11.5 Å². The lowest BCUT2D eigenvalue weighted by atomic mass is 10.1. The number of benzene rings is 2. The summed E-state index contributed by atoms with van der Waals surface area (Å²) in [5.41, 5.74) is 0.461. The van der Waals surface area contributed by atoms with Gasteiger partial charge in [0.15, 0.2) is 6.61 Å². The molecule has 1 fully saturated rings. The monoisotopic (exact) mass is 415 g/mol. The van der Waals surface area contributed by atoms with Gasteiger partial charge >= 0.3 is 5.97 Å².